The second kappa shape index (κ2) is 5.91. The van der Waals surface area contributed by atoms with E-state index in [4.69, 9.17) is 14.6 Å². The van der Waals surface area contributed by atoms with E-state index in [1.807, 2.05) is 13.0 Å². The predicted octanol–water partition coefficient (Wildman–Crippen LogP) is 2.79. The average molecular weight is 303 g/mol. The van der Waals surface area contributed by atoms with Gasteiger partial charge in [-0.05, 0) is 40.9 Å². The Labute approximate surface area is 109 Å². The molecule has 0 aliphatic heterocycles. The summed E-state index contributed by atoms with van der Waals surface area (Å²) in [7, 11) is 3.10. The first-order chi connectivity index (χ1) is 8.01. The molecule has 4 nitrogen and oxygen atoms in total. The largest absolute Gasteiger partial charge is 0.493 e. The minimum atomic E-state index is -0.826. The van der Waals surface area contributed by atoms with Crippen molar-refractivity contribution in [2.45, 2.75) is 19.8 Å². The normalized spacial score (nSPS) is 10.1. The molecule has 0 aliphatic carbocycles. The number of ether oxygens (including phenoxy) is 2. The van der Waals surface area contributed by atoms with Crippen molar-refractivity contribution in [1.29, 1.82) is 0 Å². The average Bonchev–Trinajstić information content (AvgIpc) is 2.26. The van der Waals surface area contributed by atoms with Crippen LogP contribution in [-0.2, 0) is 11.2 Å². The SMILES string of the molecule is COc1c(Br)cc(C)c(CCC(=O)O)c1OC. The highest BCUT2D eigenvalue weighted by molar-refractivity contribution is 9.10. The molecular weight excluding hydrogens is 288 g/mol. The topological polar surface area (TPSA) is 55.8 Å². The second-order valence-electron chi connectivity index (χ2n) is 3.61. The number of halogens is 1. The van der Waals surface area contributed by atoms with Crippen molar-refractivity contribution in [1.82, 2.24) is 0 Å². The molecule has 5 heteroatoms. The van der Waals surface area contributed by atoms with Crippen molar-refractivity contribution in [3.63, 3.8) is 0 Å². The number of aliphatic carboxylic acids is 1. The summed E-state index contributed by atoms with van der Waals surface area (Å²) >= 11 is 3.39. The van der Waals surface area contributed by atoms with E-state index in [1.54, 1.807) is 14.2 Å². The Balaban J connectivity index is 3.21. The molecule has 0 bridgehead atoms. The Kier molecular flexibility index (Phi) is 4.81. The number of aryl methyl sites for hydroxylation is 1. The van der Waals surface area contributed by atoms with Crippen molar-refractivity contribution in [3.8, 4) is 11.5 Å². The quantitative estimate of drug-likeness (QED) is 0.909. The smallest absolute Gasteiger partial charge is 0.303 e. The fourth-order valence-corrected chi connectivity index (χ4v) is 2.40. The molecule has 94 valence electrons. The van der Waals surface area contributed by atoms with Gasteiger partial charge in [-0.2, -0.15) is 0 Å². The van der Waals surface area contributed by atoms with Crippen LogP contribution in [0.2, 0.25) is 0 Å². The molecule has 1 rings (SSSR count). The Bertz CT molecular complexity index is 429. The molecule has 0 saturated heterocycles. The van der Waals surface area contributed by atoms with E-state index in [0.29, 0.717) is 17.9 Å². The zero-order chi connectivity index (χ0) is 13.0. The number of carboxylic acids is 1. The monoisotopic (exact) mass is 302 g/mol. The minimum Gasteiger partial charge on any atom is -0.493 e. The molecule has 0 atom stereocenters. The van der Waals surface area contributed by atoms with Crippen LogP contribution < -0.4 is 9.47 Å². The lowest BCUT2D eigenvalue weighted by atomic mass is 10.0. The van der Waals surface area contributed by atoms with Gasteiger partial charge in [0.1, 0.15) is 0 Å². The molecule has 0 spiro atoms. The zero-order valence-electron chi connectivity index (χ0n) is 10.0. The Morgan fingerprint density at radius 2 is 1.94 bits per heavy atom. The molecule has 0 saturated carbocycles. The molecule has 1 N–H and O–H groups in total. The maximum absolute atomic E-state index is 10.6. The van der Waals surface area contributed by atoms with Gasteiger partial charge < -0.3 is 14.6 Å². The third-order valence-electron chi connectivity index (χ3n) is 2.51. The van der Waals surface area contributed by atoms with Crippen LogP contribution in [0.25, 0.3) is 0 Å². The second-order valence-corrected chi connectivity index (χ2v) is 4.47. The lowest BCUT2D eigenvalue weighted by Gasteiger charge is -2.16. The number of hydrogen-bond donors (Lipinski definition) is 1. The lowest BCUT2D eigenvalue weighted by molar-refractivity contribution is -0.136. The van der Waals surface area contributed by atoms with Gasteiger partial charge in [0.15, 0.2) is 11.5 Å². The number of carboxylic acid groups (broad SMARTS) is 1. The number of rotatable bonds is 5. The zero-order valence-corrected chi connectivity index (χ0v) is 11.6. The number of methoxy groups -OCH3 is 2. The molecule has 0 aliphatic rings. The number of benzene rings is 1. The predicted molar refractivity (Wildman–Crippen MR) is 67.9 cm³/mol. The molecule has 1 aromatic carbocycles. The van der Waals surface area contributed by atoms with Gasteiger partial charge >= 0.3 is 5.97 Å². The molecule has 17 heavy (non-hydrogen) atoms. The molecule has 0 fully saturated rings. The minimum absolute atomic E-state index is 0.0714. The highest BCUT2D eigenvalue weighted by Gasteiger charge is 2.17. The van der Waals surface area contributed by atoms with Gasteiger partial charge in [-0.1, -0.05) is 0 Å². The highest BCUT2D eigenvalue weighted by atomic mass is 79.9. The first-order valence-corrected chi connectivity index (χ1v) is 5.92. The van der Waals surface area contributed by atoms with E-state index in [2.05, 4.69) is 15.9 Å². The Hall–Kier alpha value is -1.23. The van der Waals surface area contributed by atoms with Crippen LogP contribution in [0.4, 0.5) is 0 Å². The number of carbonyl (C=O) groups is 1. The van der Waals surface area contributed by atoms with Gasteiger partial charge in [-0.25, -0.2) is 0 Å². The molecule has 1 aromatic rings. The summed E-state index contributed by atoms with van der Waals surface area (Å²) in [5, 5.41) is 8.73. The highest BCUT2D eigenvalue weighted by Crippen LogP contribution is 2.40. The summed E-state index contributed by atoms with van der Waals surface area (Å²) < 4.78 is 11.4. The van der Waals surface area contributed by atoms with Gasteiger partial charge in [-0.15, -0.1) is 0 Å². The van der Waals surface area contributed by atoms with Crippen molar-refractivity contribution < 1.29 is 19.4 Å². The van der Waals surface area contributed by atoms with E-state index in [9.17, 15) is 4.79 Å². The molecule has 0 radical (unpaired) electrons. The fourth-order valence-electron chi connectivity index (χ4n) is 1.72. The molecule has 0 heterocycles. The van der Waals surface area contributed by atoms with Crippen LogP contribution in [-0.4, -0.2) is 25.3 Å². The summed E-state index contributed by atoms with van der Waals surface area (Å²) in [6.45, 7) is 1.92. The van der Waals surface area contributed by atoms with Crippen molar-refractivity contribution >= 4 is 21.9 Å². The van der Waals surface area contributed by atoms with Crippen molar-refractivity contribution in [2.75, 3.05) is 14.2 Å². The Morgan fingerprint density at radius 1 is 1.35 bits per heavy atom. The van der Waals surface area contributed by atoms with Gasteiger partial charge in [0.2, 0.25) is 0 Å². The van der Waals surface area contributed by atoms with E-state index in [0.717, 1.165) is 15.6 Å². The van der Waals surface area contributed by atoms with E-state index >= 15 is 0 Å². The molecule has 0 unspecified atom stereocenters. The maximum atomic E-state index is 10.6. The summed E-state index contributed by atoms with van der Waals surface area (Å²) in [5.41, 5.74) is 1.85. The van der Waals surface area contributed by atoms with Crippen LogP contribution in [0.5, 0.6) is 11.5 Å². The summed E-state index contributed by atoms with van der Waals surface area (Å²) in [6.07, 6.45) is 0.496. The first-order valence-electron chi connectivity index (χ1n) is 5.13. The maximum Gasteiger partial charge on any atom is 0.303 e. The van der Waals surface area contributed by atoms with E-state index < -0.39 is 5.97 Å². The fraction of sp³-hybridized carbons (Fsp3) is 0.417. The number of hydrogen-bond acceptors (Lipinski definition) is 3. The van der Waals surface area contributed by atoms with Crippen LogP contribution in [0.1, 0.15) is 17.5 Å². The molecule has 0 aromatic heterocycles. The lowest BCUT2D eigenvalue weighted by Crippen LogP contribution is -2.03. The molecular formula is C12H15BrO4. The third kappa shape index (κ3) is 3.12. The van der Waals surface area contributed by atoms with E-state index in [-0.39, 0.29) is 6.42 Å². The summed E-state index contributed by atoms with van der Waals surface area (Å²) in [4.78, 5) is 10.6. The first kappa shape index (κ1) is 13.8. The van der Waals surface area contributed by atoms with E-state index in [1.165, 1.54) is 0 Å². The summed E-state index contributed by atoms with van der Waals surface area (Å²) in [6, 6.07) is 1.90. The van der Waals surface area contributed by atoms with Crippen LogP contribution in [0.15, 0.2) is 10.5 Å². The van der Waals surface area contributed by atoms with Gasteiger partial charge in [0.25, 0.3) is 0 Å². The standard InChI is InChI=1S/C12H15BrO4/c1-7-6-9(13)12(17-3)11(16-2)8(7)4-5-10(14)15/h6H,4-5H2,1-3H3,(H,14,15). The van der Waals surface area contributed by atoms with Crippen LogP contribution >= 0.6 is 15.9 Å². The molecule has 0 amide bonds. The van der Waals surface area contributed by atoms with Gasteiger partial charge in [0, 0.05) is 12.0 Å². The summed E-state index contributed by atoms with van der Waals surface area (Å²) in [5.74, 6) is 0.368. The van der Waals surface area contributed by atoms with Gasteiger partial charge in [-0.3, -0.25) is 4.79 Å². The van der Waals surface area contributed by atoms with Gasteiger partial charge in [0.05, 0.1) is 18.7 Å². The van der Waals surface area contributed by atoms with Crippen molar-refractivity contribution in [2.24, 2.45) is 0 Å². The third-order valence-corrected chi connectivity index (χ3v) is 3.10. The van der Waals surface area contributed by atoms with Crippen LogP contribution in [0, 0.1) is 6.92 Å². The van der Waals surface area contributed by atoms with Crippen LogP contribution in [0.3, 0.4) is 0 Å². The van der Waals surface area contributed by atoms with Crippen molar-refractivity contribution in [3.05, 3.63) is 21.7 Å². The Morgan fingerprint density at radius 3 is 2.41 bits per heavy atom.